The van der Waals surface area contributed by atoms with Crippen LogP contribution < -0.4 is 9.47 Å². The number of ketones is 1. The number of carbonyl (C=O) groups is 2. The number of allylic oxidation sites excluding steroid dienone is 1. The number of methoxy groups -OCH3 is 3. The molecule has 0 spiro atoms. The number of ether oxygens (including phenoxy) is 4. The zero-order valence-electron chi connectivity index (χ0n) is 16.1. The molecule has 0 radical (unpaired) electrons. The third-order valence-electron chi connectivity index (χ3n) is 5.17. The maximum Gasteiger partial charge on any atom is 0.309 e. The summed E-state index contributed by atoms with van der Waals surface area (Å²) in [5, 5.41) is 10.9. The van der Waals surface area contributed by atoms with Crippen molar-refractivity contribution in [1.82, 2.24) is 0 Å². The summed E-state index contributed by atoms with van der Waals surface area (Å²) in [6, 6.07) is 5.60. The predicted molar refractivity (Wildman–Crippen MR) is 100.0 cm³/mol. The fourth-order valence-corrected chi connectivity index (χ4v) is 3.65. The Hall–Kier alpha value is -2.80. The highest BCUT2D eigenvalue weighted by atomic mass is 16.5. The van der Waals surface area contributed by atoms with E-state index in [1.807, 2.05) is 18.2 Å². The standard InChI is InChI=1S/C21H24O7/c1-25-17-5-4-13(9-18(17)26-2)8-14-12-28-20(23)15(14)10-21(24)7-6-16(22)19(11-21)27-3/h4-7,9,11,14-15,24H,8,10,12H2,1-3H3/t14-,15+,21?/m0/s1. The van der Waals surface area contributed by atoms with Gasteiger partial charge < -0.3 is 24.1 Å². The molecular weight excluding hydrogens is 364 g/mol. The first-order valence-electron chi connectivity index (χ1n) is 8.99. The smallest absolute Gasteiger partial charge is 0.309 e. The highest BCUT2D eigenvalue weighted by Gasteiger charge is 2.42. The van der Waals surface area contributed by atoms with Crippen molar-refractivity contribution in [2.75, 3.05) is 27.9 Å². The highest BCUT2D eigenvalue weighted by Crippen LogP contribution is 2.36. The van der Waals surface area contributed by atoms with Crippen molar-refractivity contribution in [3.63, 3.8) is 0 Å². The van der Waals surface area contributed by atoms with E-state index in [1.165, 1.54) is 25.3 Å². The summed E-state index contributed by atoms with van der Waals surface area (Å²) < 4.78 is 20.9. The summed E-state index contributed by atoms with van der Waals surface area (Å²) in [6.07, 6.45) is 4.71. The maximum absolute atomic E-state index is 12.3. The topological polar surface area (TPSA) is 91.3 Å². The number of hydrogen-bond acceptors (Lipinski definition) is 7. The molecule has 1 aromatic rings. The van der Waals surface area contributed by atoms with Gasteiger partial charge in [0.05, 0.1) is 33.9 Å². The zero-order valence-corrected chi connectivity index (χ0v) is 16.1. The minimum absolute atomic E-state index is 0.0628. The van der Waals surface area contributed by atoms with E-state index < -0.39 is 11.5 Å². The third kappa shape index (κ3) is 4.04. The van der Waals surface area contributed by atoms with E-state index in [1.54, 1.807) is 14.2 Å². The van der Waals surface area contributed by atoms with Gasteiger partial charge >= 0.3 is 5.97 Å². The first kappa shape index (κ1) is 19.9. The number of hydrogen-bond donors (Lipinski definition) is 1. The van der Waals surface area contributed by atoms with Gasteiger partial charge in [-0.2, -0.15) is 0 Å². The van der Waals surface area contributed by atoms with E-state index >= 15 is 0 Å². The Kier molecular flexibility index (Phi) is 5.74. The second kappa shape index (κ2) is 8.06. The Morgan fingerprint density at radius 2 is 1.89 bits per heavy atom. The van der Waals surface area contributed by atoms with E-state index in [-0.39, 0.29) is 36.5 Å². The van der Waals surface area contributed by atoms with Gasteiger partial charge in [-0.3, -0.25) is 9.59 Å². The van der Waals surface area contributed by atoms with Crippen LogP contribution in [0.25, 0.3) is 0 Å². The summed E-state index contributed by atoms with van der Waals surface area (Å²) in [5.74, 6) is 0.0182. The lowest BCUT2D eigenvalue weighted by Gasteiger charge is -2.28. The monoisotopic (exact) mass is 388 g/mol. The fourth-order valence-electron chi connectivity index (χ4n) is 3.65. The third-order valence-corrected chi connectivity index (χ3v) is 5.17. The van der Waals surface area contributed by atoms with Crippen LogP contribution in [0.1, 0.15) is 12.0 Å². The number of rotatable bonds is 7. The molecule has 3 atom stereocenters. The number of cyclic esters (lactones) is 1. The Morgan fingerprint density at radius 1 is 1.14 bits per heavy atom. The van der Waals surface area contributed by atoms with Gasteiger partial charge in [0.25, 0.3) is 0 Å². The molecule has 1 aliphatic heterocycles. The van der Waals surface area contributed by atoms with E-state index in [9.17, 15) is 14.7 Å². The average molecular weight is 388 g/mol. The van der Waals surface area contributed by atoms with Crippen LogP contribution in [-0.4, -0.2) is 50.4 Å². The lowest BCUT2D eigenvalue weighted by atomic mass is 9.79. The molecule has 3 rings (SSSR count). The Bertz CT molecular complexity index is 826. The van der Waals surface area contributed by atoms with Gasteiger partial charge in [0.2, 0.25) is 5.78 Å². The molecular formula is C21H24O7. The van der Waals surface area contributed by atoms with Crippen LogP contribution in [0.15, 0.2) is 42.2 Å². The maximum atomic E-state index is 12.3. The van der Waals surface area contributed by atoms with Gasteiger partial charge in [-0.25, -0.2) is 0 Å². The average Bonchev–Trinajstić information content (AvgIpc) is 3.03. The van der Waals surface area contributed by atoms with Crippen molar-refractivity contribution in [3.05, 3.63) is 47.7 Å². The molecule has 0 saturated carbocycles. The van der Waals surface area contributed by atoms with Crippen molar-refractivity contribution in [1.29, 1.82) is 0 Å². The second-order valence-electron chi connectivity index (χ2n) is 7.00. The molecule has 28 heavy (non-hydrogen) atoms. The summed E-state index contributed by atoms with van der Waals surface area (Å²) >= 11 is 0. The number of benzene rings is 1. The van der Waals surface area contributed by atoms with Crippen molar-refractivity contribution in [2.24, 2.45) is 11.8 Å². The van der Waals surface area contributed by atoms with Gasteiger partial charge in [0, 0.05) is 5.92 Å². The first-order chi connectivity index (χ1) is 13.4. The summed E-state index contributed by atoms with van der Waals surface area (Å²) in [6.45, 7) is 0.275. The van der Waals surface area contributed by atoms with Crippen LogP contribution >= 0.6 is 0 Å². The van der Waals surface area contributed by atoms with Crippen molar-refractivity contribution in [3.8, 4) is 11.5 Å². The molecule has 1 saturated heterocycles. The van der Waals surface area contributed by atoms with Gasteiger partial charge in [-0.1, -0.05) is 6.07 Å². The van der Waals surface area contributed by atoms with Gasteiger partial charge in [-0.05, 0) is 48.8 Å². The molecule has 1 heterocycles. The molecule has 1 aromatic carbocycles. The summed E-state index contributed by atoms with van der Waals surface area (Å²) in [5.41, 5.74) is -0.469. The number of esters is 1. The van der Waals surface area contributed by atoms with E-state index in [0.717, 1.165) is 5.56 Å². The van der Waals surface area contributed by atoms with E-state index in [4.69, 9.17) is 18.9 Å². The van der Waals surface area contributed by atoms with Crippen LogP contribution in [0.3, 0.4) is 0 Å². The Balaban J connectivity index is 1.78. The second-order valence-corrected chi connectivity index (χ2v) is 7.00. The summed E-state index contributed by atoms with van der Waals surface area (Å²) in [4.78, 5) is 24.0. The van der Waals surface area contributed by atoms with Crippen LogP contribution in [0.5, 0.6) is 11.5 Å². The molecule has 1 unspecified atom stereocenters. The molecule has 0 amide bonds. The van der Waals surface area contributed by atoms with Gasteiger partial charge in [-0.15, -0.1) is 0 Å². The highest BCUT2D eigenvalue weighted by molar-refractivity contribution is 6.03. The minimum atomic E-state index is -1.44. The number of carbonyl (C=O) groups excluding carboxylic acids is 2. The van der Waals surface area contributed by atoms with Gasteiger partial charge in [0.15, 0.2) is 17.3 Å². The fraction of sp³-hybridized carbons (Fsp3) is 0.429. The Labute approximate surface area is 163 Å². The lowest BCUT2D eigenvalue weighted by molar-refractivity contribution is -0.142. The number of aliphatic hydroxyl groups is 1. The van der Waals surface area contributed by atoms with Crippen molar-refractivity contribution in [2.45, 2.75) is 18.4 Å². The van der Waals surface area contributed by atoms with Gasteiger partial charge in [0.1, 0.15) is 5.60 Å². The molecule has 7 nitrogen and oxygen atoms in total. The SMILES string of the molecule is COC1=CC(O)(C[C@H]2C(=O)OC[C@@H]2Cc2ccc(OC)c(OC)c2)C=CC1=O. The van der Waals surface area contributed by atoms with Crippen LogP contribution in [0, 0.1) is 11.8 Å². The van der Waals surface area contributed by atoms with Crippen LogP contribution in [-0.2, 0) is 25.5 Å². The van der Waals surface area contributed by atoms with E-state index in [0.29, 0.717) is 17.9 Å². The van der Waals surface area contributed by atoms with Crippen LogP contribution in [0.4, 0.5) is 0 Å². The molecule has 1 aliphatic carbocycles. The molecule has 7 heteroatoms. The first-order valence-corrected chi connectivity index (χ1v) is 8.99. The molecule has 0 aromatic heterocycles. The molecule has 1 N–H and O–H groups in total. The van der Waals surface area contributed by atoms with Crippen molar-refractivity contribution < 1.29 is 33.6 Å². The van der Waals surface area contributed by atoms with Crippen LogP contribution in [0.2, 0.25) is 0 Å². The largest absolute Gasteiger partial charge is 0.493 e. The molecule has 2 aliphatic rings. The van der Waals surface area contributed by atoms with Crippen molar-refractivity contribution >= 4 is 11.8 Å². The normalized spacial score (nSPS) is 26.6. The predicted octanol–water partition coefficient (Wildman–Crippen LogP) is 1.83. The summed E-state index contributed by atoms with van der Waals surface area (Å²) in [7, 11) is 4.51. The molecule has 150 valence electrons. The minimum Gasteiger partial charge on any atom is -0.493 e. The Morgan fingerprint density at radius 3 is 2.57 bits per heavy atom. The molecule has 1 fully saturated rings. The zero-order chi connectivity index (χ0) is 20.3. The lowest BCUT2D eigenvalue weighted by Crippen LogP contribution is -2.34. The molecule has 0 bridgehead atoms. The van der Waals surface area contributed by atoms with E-state index in [2.05, 4.69) is 0 Å². The quantitative estimate of drug-likeness (QED) is 0.713.